The highest BCUT2D eigenvalue weighted by molar-refractivity contribution is 5.97. The summed E-state index contributed by atoms with van der Waals surface area (Å²) >= 11 is 0. The summed E-state index contributed by atoms with van der Waals surface area (Å²) in [6.45, 7) is 1.69. The molecule has 4 heterocycles. The topological polar surface area (TPSA) is 108 Å². The van der Waals surface area contributed by atoms with Gasteiger partial charge in [-0.15, -0.1) is 0 Å². The molecule has 0 aliphatic heterocycles. The van der Waals surface area contributed by atoms with E-state index in [1.807, 2.05) is 0 Å². The van der Waals surface area contributed by atoms with Gasteiger partial charge < -0.3 is 13.7 Å². The van der Waals surface area contributed by atoms with E-state index in [1.54, 1.807) is 43.5 Å². The number of pyridine rings is 2. The summed E-state index contributed by atoms with van der Waals surface area (Å²) in [5.41, 5.74) is -0.108. The van der Waals surface area contributed by atoms with Gasteiger partial charge >= 0.3 is 5.97 Å². The SMILES string of the molecule is CCOC(=O)c1cc2c(=O)n3ccccc3nc2n(Cc2ccco2)c1=NC(=O)c1cccc(F)c1. The quantitative estimate of drug-likeness (QED) is 0.279. The zero-order valence-corrected chi connectivity index (χ0v) is 19.1. The third kappa shape index (κ3) is 4.20. The van der Waals surface area contributed by atoms with Crippen LogP contribution in [0.1, 0.15) is 33.4 Å². The maximum atomic E-state index is 13.8. The molecular formula is C26H19FN4O5. The lowest BCUT2D eigenvalue weighted by atomic mass is 10.2. The van der Waals surface area contributed by atoms with Crippen molar-refractivity contribution >= 4 is 28.6 Å². The monoisotopic (exact) mass is 486 g/mol. The van der Waals surface area contributed by atoms with Gasteiger partial charge in [0.25, 0.3) is 11.5 Å². The molecule has 0 saturated carbocycles. The lowest BCUT2D eigenvalue weighted by molar-refractivity contribution is 0.0523. The van der Waals surface area contributed by atoms with Crippen molar-refractivity contribution in [1.29, 1.82) is 0 Å². The van der Waals surface area contributed by atoms with Crippen LogP contribution in [-0.4, -0.2) is 32.4 Å². The Balaban J connectivity index is 1.90. The van der Waals surface area contributed by atoms with E-state index in [1.165, 1.54) is 39.5 Å². The van der Waals surface area contributed by atoms with Gasteiger partial charge in [0.1, 0.15) is 28.4 Å². The number of hydrogen-bond acceptors (Lipinski definition) is 6. The van der Waals surface area contributed by atoms with Crippen LogP contribution in [0.4, 0.5) is 4.39 Å². The van der Waals surface area contributed by atoms with Gasteiger partial charge in [-0.05, 0) is 55.5 Å². The number of rotatable bonds is 5. The smallest absolute Gasteiger partial charge is 0.341 e. The first-order valence-corrected chi connectivity index (χ1v) is 11.1. The molecule has 10 heteroatoms. The van der Waals surface area contributed by atoms with E-state index in [-0.39, 0.29) is 40.8 Å². The summed E-state index contributed by atoms with van der Waals surface area (Å²) < 4.78 is 27.3. The Kier molecular flexibility index (Phi) is 5.99. The van der Waals surface area contributed by atoms with E-state index < -0.39 is 23.3 Å². The molecule has 0 spiro atoms. The largest absolute Gasteiger partial charge is 0.467 e. The van der Waals surface area contributed by atoms with Gasteiger partial charge in [-0.2, -0.15) is 4.99 Å². The van der Waals surface area contributed by atoms with Crippen molar-refractivity contribution in [3.05, 3.63) is 112 Å². The second-order valence-electron chi connectivity index (χ2n) is 7.78. The minimum Gasteiger partial charge on any atom is -0.467 e. The van der Waals surface area contributed by atoms with Crippen LogP contribution < -0.4 is 11.0 Å². The van der Waals surface area contributed by atoms with Crippen LogP contribution in [0.15, 0.2) is 87.3 Å². The van der Waals surface area contributed by atoms with Crippen LogP contribution in [0.25, 0.3) is 16.7 Å². The number of halogens is 1. The highest BCUT2D eigenvalue weighted by atomic mass is 19.1. The summed E-state index contributed by atoms with van der Waals surface area (Å²) in [7, 11) is 0. The lowest BCUT2D eigenvalue weighted by Crippen LogP contribution is -2.33. The lowest BCUT2D eigenvalue weighted by Gasteiger charge is -2.14. The fourth-order valence-corrected chi connectivity index (χ4v) is 3.85. The minimum atomic E-state index is -0.787. The number of carbonyl (C=O) groups is 2. The predicted molar refractivity (Wildman–Crippen MR) is 127 cm³/mol. The van der Waals surface area contributed by atoms with Crippen molar-refractivity contribution in [2.75, 3.05) is 6.61 Å². The van der Waals surface area contributed by atoms with Crippen LogP contribution in [0, 0.1) is 5.82 Å². The van der Waals surface area contributed by atoms with Gasteiger partial charge in [0, 0.05) is 11.8 Å². The minimum absolute atomic E-state index is 0.00144. The molecule has 5 aromatic rings. The third-order valence-corrected chi connectivity index (χ3v) is 5.46. The number of carbonyl (C=O) groups excluding carboxylic acids is 2. The Morgan fingerprint density at radius 1 is 1.11 bits per heavy atom. The van der Waals surface area contributed by atoms with Crippen molar-refractivity contribution in [2.24, 2.45) is 4.99 Å². The Morgan fingerprint density at radius 2 is 1.97 bits per heavy atom. The number of fused-ring (bicyclic) bond motifs is 2. The number of benzene rings is 1. The van der Waals surface area contributed by atoms with E-state index in [9.17, 15) is 18.8 Å². The maximum Gasteiger partial charge on any atom is 0.341 e. The van der Waals surface area contributed by atoms with E-state index in [2.05, 4.69) is 9.98 Å². The number of aromatic nitrogens is 3. The number of nitrogens with zero attached hydrogens (tertiary/aromatic N) is 4. The fraction of sp³-hybridized carbons (Fsp3) is 0.115. The van der Waals surface area contributed by atoms with E-state index >= 15 is 0 Å². The van der Waals surface area contributed by atoms with Gasteiger partial charge in [0.15, 0.2) is 5.49 Å². The number of ether oxygens (including phenoxy) is 1. The average Bonchev–Trinajstić information content (AvgIpc) is 3.39. The first kappa shape index (κ1) is 22.9. The highest BCUT2D eigenvalue weighted by Gasteiger charge is 2.21. The molecule has 180 valence electrons. The zero-order chi connectivity index (χ0) is 25.2. The van der Waals surface area contributed by atoms with Crippen molar-refractivity contribution in [3.8, 4) is 0 Å². The zero-order valence-electron chi connectivity index (χ0n) is 19.1. The Morgan fingerprint density at radius 3 is 2.72 bits per heavy atom. The van der Waals surface area contributed by atoms with Crippen molar-refractivity contribution < 1.29 is 23.1 Å². The summed E-state index contributed by atoms with van der Waals surface area (Å²) in [6.07, 6.45) is 3.04. The van der Waals surface area contributed by atoms with Crippen molar-refractivity contribution in [2.45, 2.75) is 13.5 Å². The van der Waals surface area contributed by atoms with Gasteiger partial charge in [0.05, 0.1) is 24.8 Å². The molecule has 4 aromatic heterocycles. The molecule has 5 rings (SSSR count). The normalized spacial score (nSPS) is 11.8. The molecule has 0 unspecified atom stereocenters. The Bertz CT molecular complexity index is 1750. The van der Waals surface area contributed by atoms with Gasteiger partial charge in [0.2, 0.25) is 0 Å². The molecular weight excluding hydrogens is 467 g/mol. The molecule has 0 bridgehead atoms. The standard InChI is InChI=1S/C26H19FN4O5/c1-2-35-26(34)20-14-19-22(28-21-10-3-4-11-30(21)25(19)33)31(15-18-9-6-12-36-18)23(20)29-24(32)16-7-5-8-17(27)13-16/h3-14H,2,15H2,1H3. The number of amides is 1. The summed E-state index contributed by atoms with van der Waals surface area (Å²) in [5.74, 6) is -1.71. The van der Waals surface area contributed by atoms with E-state index in [4.69, 9.17) is 9.15 Å². The van der Waals surface area contributed by atoms with Gasteiger partial charge in [-0.3, -0.25) is 14.0 Å². The van der Waals surface area contributed by atoms with Crippen LogP contribution in [0.5, 0.6) is 0 Å². The molecule has 1 amide bonds. The first-order valence-electron chi connectivity index (χ1n) is 11.1. The van der Waals surface area contributed by atoms with Crippen LogP contribution in [0.2, 0.25) is 0 Å². The first-order chi connectivity index (χ1) is 17.5. The van der Waals surface area contributed by atoms with Crippen LogP contribution in [0.3, 0.4) is 0 Å². The second-order valence-corrected chi connectivity index (χ2v) is 7.78. The summed E-state index contributed by atoms with van der Waals surface area (Å²) in [5, 5.41) is 0.116. The van der Waals surface area contributed by atoms with Gasteiger partial charge in [-0.1, -0.05) is 12.1 Å². The van der Waals surface area contributed by atoms with E-state index in [0.717, 1.165) is 6.07 Å². The Labute approximate surface area is 202 Å². The molecule has 0 fully saturated rings. The molecule has 0 aliphatic carbocycles. The van der Waals surface area contributed by atoms with Crippen LogP contribution in [-0.2, 0) is 11.3 Å². The summed E-state index contributed by atoms with van der Waals surface area (Å²) in [6, 6.07) is 14.8. The molecule has 9 nitrogen and oxygen atoms in total. The van der Waals surface area contributed by atoms with Crippen molar-refractivity contribution in [1.82, 2.24) is 14.0 Å². The van der Waals surface area contributed by atoms with Crippen LogP contribution >= 0.6 is 0 Å². The van der Waals surface area contributed by atoms with E-state index in [0.29, 0.717) is 11.4 Å². The summed E-state index contributed by atoms with van der Waals surface area (Å²) in [4.78, 5) is 48.2. The number of furan rings is 1. The fourth-order valence-electron chi connectivity index (χ4n) is 3.85. The average molecular weight is 486 g/mol. The molecule has 0 radical (unpaired) electrons. The number of hydrogen-bond donors (Lipinski definition) is 0. The molecule has 0 atom stereocenters. The molecule has 1 aromatic carbocycles. The number of esters is 1. The second kappa shape index (κ2) is 9.41. The third-order valence-electron chi connectivity index (χ3n) is 5.46. The highest BCUT2D eigenvalue weighted by Crippen LogP contribution is 2.14. The Hall–Kier alpha value is -4.86. The molecule has 0 N–H and O–H groups in total. The maximum absolute atomic E-state index is 13.8. The van der Waals surface area contributed by atoms with Crippen molar-refractivity contribution in [3.63, 3.8) is 0 Å². The van der Waals surface area contributed by atoms with Gasteiger partial charge in [-0.25, -0.2) is 14.2 Å². The predicted octanol–water partition coefficient (Wildman–Crippen LogP) is 3.35. The molecule has 0 aliphatic rings. The molecule has 0 saturated heterocycles. The molecule has 36 heavy (non-hydrogen) atoms.